The van der Waals surface area contributed by atoms with Gasteiger partial charge in [-0.15, -0.1) is 24.0 Å². The van der Waals surface area contributed by atoms with Crippen molar-refractivity contribution in [3.63, 3.8) is 0 Å². The lowest BCUT2D eigenvalue weighted by molar-refractivity contribution is -0.153. The van der Waals surface area contributed by atoms with E-state index in [-0.39, 0.29) is 35.5 Å². The van der Waals surface area contributed by atoms with E-state index in [0.717, 1.165) is 31.0 Å². The molecule has 1 fully saturated rings. The summed E-state index contributed by atoms with van der Waals surface area (Å²) >= 11 is 0. The van der Waals surface area contributed by atoms with Crippen molar-refractivity contribution in [2.24, 2.45) is 10.9 Å². The molecule has 178 valence electrons. The van der Waals surface area contributed by atoms with Gasteiger partial charge in [0.1, 0.15) is 0 Å². The Bertz CT molecular complexity index is 692. The minimum atomic E-state index is -4.40. The second kappa shape index (κ2) is 13.8. The average Bonchev–Trinajstić information content (AvgIpc) is 3.18. The van der Waals surface area contributed by atoms with E-state index in [2.05, 4.69) is 15.2 Å². The minimum Gasteiger partial charge on any atom is -0.493 e. The summed E-state index contributed by atoms with van der Waals surface area (Å²) in [6.07, 6.45) is -3.38. The molecule has 0 aliphatic carbocycles. The molecule has 0 amide bonds. The molecule has 0 radical (unpaired) electrons. The zero-order valence-corrected chi connectivity index (χ0v) is 20.4. The number of hydrogen-bond acceptors (Lipinski definition) is 5. The number of methoxy groups -OCH3 is 2. The number of guanidine groups is 1. The first-order valence-electron chi connectivity index (χ1n) is 9.75. The van der Waals surface area contributed by atoms with E-state index < -0.39 is 12.8 Å². The standard InChI is InChI=1S/C20H30F3N3O4.HI/c1-24-19(26-7-6-16(12-26)13-29-9-8-27-2)25-11-15-4-5-17(18(10-15)28-3)30-14-20(21,22)23;/h4-5,10,16H,6-9,11-14H2,1-3H3,(H,24,25);1H. The highest BCUT2D eigenvalue weighted by Gasteiger charge is 2.29. The van der Waals surface area contributed by atoms with Gasteiger partial charge in [-0.25, -0.2) is 0 Å². The van der Waals surface area contributed by atoms with Gasteiger partial charge < -0.3 is 29.2 Å². The maximum absolute atomic E-state index is 12.4. The molecule has 1 unspecified atom stereocenters. The van der Waals surface area contributed by atoms with Gasteiger partial charge in [-0.2, -0.15) is 13.2 Å². The number of aliphatic imine (C=N–C) groups is 1. The molecule has 1 atom stereocenters. The Labute approximate surface area is 198 Å². The zero-order chi connectivity index (χ0) is 22.0. The number of likely N-dealkylation sites (tertiary alicyclic amines) is 1. The summed E-state index contributed by atoms with van der Waals surface area (Å²) in [4.78, 5) is 6.50. The first kappa shape index (κ1) is 27.6. The molecule has 0 aromatic heterocycles. The van der Waals surface area contributed by atoms with Crippen LogP contribution in [0.3, 0.4) is 0 Å². The molecule has 7 nitrogen and oxygen atoms in total. The van der Waals surface area contributed by atoms with Crippen LogP contribution in [0, 0.1) is 5.92 Å². The number of rotatable bonds is 10. The summed E-state index contributed by atoms with van der Waals surface area (Å²) in [5.74, 6) is 1.51. The van der Waals surface area contributed by atoms with Crippen LogP contribution in [0.1, 0.15) is 12.0 Å². The fourth-order valence-electron chi connectivity index (χ4n) is 3.17. The maximum Gasteiger partial charge on any atom is 0.422 e. The van der Waals surface area contributed by atoms with Gasteiger partial charge in [0.25, 0.3) is 0 Å². The highest BCUT2D eigenvalue weighted by Crippen LogP contribution is 2.29. The highest BCUT2D eigenvalue weighted by molar-refractivity contribution is 14.0. The van der Waals surface area contributed by atoms with E-state index in [1.165, 1.54) is 13.2 Å². The molecule has 1 heterocycles. The van der Waals surface area contributed by atoms with Crippen LogP contribution in [-0.2, 0) is 16.0 Å². The molecule has 1 aromatic carbocycles. The van der Waals surface area contributed by atoms with Crippen molar-refractivity contribution in [1.82, 2.24) is 10.2 Å². The van der Waals surface area contributed by atoms with E-state index in [9.17, 15) is 13.2 Å². The second-order valence-corrected chi connectivity index (χ2v) is 6.96. The molecule has 11 heteroatoms. The number of nitrogens with zero attached hydrogens (tertiary/aromatic N) is 2. The normalized spacial score (nSPS) is 16.8. The van der Waals surface area contributed by atoms with Crippen LogP contribution >= 0.6 is 24.0 Å². The zero-order valence-electron chi connectivity index (χ0n) is 18.0. The first-order chi connectivity index (χ1) is 14.4. The van der Waals surface area contributed by atoms with E-state index in [0.29, 0.717) is 32.3 Å². The van der Waals surface area contributed by atoms with Crippen molar-refractivity contribution in [2.45, 2.75) is 19.1 Å². The lowest BCUT2D eigenvalue weighted by atomic mass is 10.1. The first-order valence-corrected chi connectivity index (χ1v) is 9.75. The molecule has 1 aromatic rings. The van der Waals surface area contributed by atoms with Gasteiger partial charge in [0.15, 0.2) is 24.1 Å². The van der Waals surface area contributed by atoms with Gasteiger partial charge >= 0.3 is 6.18 Å². The van der Waals surface area contributed by atoms with E-state index >= 15 is 0 Å². The van der Waals surface area contributed by atoms with Crippen molar-refractivity contribution >= 4 is 29.9 Å². The number of halogens is 4. The molecule has 0 bridgehead atoms. The Morgan fingerprint density at radius 3 is 2.65 bits per heavy atom. The minimum absolute atomic E-state index is 0. The summed E-state index contributed by atoms with van der Waals surface area (Å²) in [6.45, 7) is 2.68. The van der Waals surface area contributed by atoms with Crippen molar-refractivity contribution in [1.29, 1.82) is 0 Å². The van der Waals surface area contributed by atoms with Crippen LogP contribution in [0.4, 0.5) is 13.2 Å². The van der Waals surface area contributed by atoms with Gasteiger partial charge in [0.05, 0.1) is 26.9 Å². The molecule has 1 N–H and O–H groups in total. The van der Waals surface area contributed by atoms with Crippen LogP contribution in [0.25, 0.3) is 0 Å². The molecular formula is C20H31F3IN3O4. The van der Waals surface area contributed by atoms with Gasteiger partial charge in [-0.3, -0.25) is 4.99 Å². The monoisotopic (exact) mass is 561 g/mol. The Morgan fingerprint density at radius 1 is 1.23 bits per heavy atom. The summed E-state index contributed by atoms with van der Waals surface area (Å²) in [7, 11) is 4.76. The Balaban J connectivity index is 0.00000480. The number of ether oxygens (including phenoxy) is 4. The molecule has 1 saturated heterocycles. The maximum atomic E-state index is 12.4. The Kier molecular flexibility index (Phi) is 12.3. The van der Waals surface area contributed by atoms with Crippen LogP contribution in [0.5, 0.6) is 11.5 Å². The fraction of sp³-hybridized carbons (Fsp3) is 0.650. The predicted octanol–water partition coefficient (Wildman–Crippen LogP) is 3.31. The lowest BCUT2D eigenvalue weighted by Gasteiger charge is -2.22. The molecule has 2 rings (SSSR count). The van der Waals surface area contributed by atoms with E-state index in [1.807, 2.05) is 0 Å². The van der Waals surface area contributed by atoms with Gasteiger partial charge in [-0.1, -0.05) is 6.07 Å². The van der Waals surface area contributed by atoms with Gasteiger partial charge in [0.2, 0.25) is 0 Å². The van der Waals surface area contributed by atoms with Crippen molar-refractivity contribution in [3.05, 3.63) is 23.8 Å². The molecule has 0 saturated carbocycles. The second-order valence-electron chi connectivity index (χ2n) is 6.96. The van der Waals surface area contributed by atoms with Crippen LogP contribution in [0.2, 0.25) is 0 Å². The SMILES string of the molecule is CN=C(NCc1ccc(OCC(F)(F)F)c(OC)c1)N1CCC(COCCOC)C1.I. The summed E-state index contributed by atoms with van der Waals surface area (Å²) < 4.78 is 57.7. The third-order valence-electron chi connectivity index (χ3n) is 4.65. The van der Waals surface area contributed by atoms with E-state index in [1.54, 1.807) is 26.3 Å². The molecular weight excluding hydrogens is 530 g/mol. The Hall–Kier alpha value is -1.47. The van der Waals surface area contributed by atoms with Crippen molar-refractivity contribution in [2.75, 3.05) is 60.8 Å². The fourth-order valence-corrected chi connectivity index (χ4v) is 3.17. The molecule has 0 spiro atoms. The quantitative estimate of drug-likeness (QED) is 0.205. The van der Waals surface area contributed by atoms with Crippen molar-refractivity contribution < 1.29 is 32.1 Å². The molecule has 1 aliphatic heterocycles. The van der Waals surface area contributed by atoms with Crippen molar-refractivity contribution in [3.8, 4) is 11.5 Å². The molecule has 31 heavy (non-hydrogen) atoms. The van der Waals surface area contributed by atoms with E-state index in [4.69, 9.17) is 18.9 Å². The average molecular weight is 561 g/mol. The number of alkyl halides is 3. The third-order valence-corrected chi connectivity index (χ3v) is 4.65. The number of nitrogens with one attached hydrogen (secondary N) is 1. The number of hydrogen-bond donors (Lipinski definition) is 1. The summed E-state index contributed by atoms with van der Waals surface area (Å²) in [5.41, 5.74) is 0.839. The third kappa shape index (κ3) is 9.69. The highest BCUT2D eigenvalue weighted by atomic mass is 127. The molecule has 1 aliphatic rings. The van der Waals surface area contributed by atoms with Crippen LogP contribution < -0.4 is 14.8 Å². The van der Waals surface area contributed by atoms with Crippen LogP contribution in [-0.4, -0.2) is 77.8 Å². The predicted molar refractivity (Wildman–Crippen MR) is 123 cm³/mol. The van der Waals surface area contributed by atoms with Crippen LogP contribution in [0.15, 0.2) is 23.2 Å². The summed E-state index contributed by atoms with van der Waals surface area (Å²) in [5, 5.41) is 3.29. The lowest BCUT2D eigenvalue weighted by Crippen LogP contribution is -2.39. The topological polar surface area (TPSA) is 64.6 Å². The van der Waals surface area contributed by atoms with Gasteiger partial charge in [0, 0.05) is 39.7 Å². The Morgan fingerprint density at radius 2 is 2.00 bits per heavy atom. The number of benzene rings is 1. The largest absolute Gasteiger partial charge is 0.493 e. The van der Waals surface area contributed by atoms with Gasteiger partial charge in [-0.05, 0) is 24.1 Å². The smallest absolute Gasteiger partial charge is 0.422 e. The summed E-state index contributed by atoms with van der Waals surface area (Å²) in [6, 6.07) is 4.83.